The van der Waals surface area contributed by atoms with Gasteiger partial charge in [0.25, 0.3) is 0 Å². The summed E-state index contributed by atoms with van der Waals surface area (Å²) in [5, 5.41) is 14.3. The van der Waals surface area contributed by atoms with E-state index in [1.54, 1.807) is 0 Å². The smallest absolute Gasteiger partial charge is 0.308 e. The Bertz CT molecular complexity index is 832. The van der Waals surface area contributed by atoms with Crippen molar-refractivity contribution in [3.8, 4) is 5.75 Å². The average Bonchev–Trinajstić information content (AvgIpc) is 3.16. The van der Waals surface area contributed by atoms with Gasteiger partial charge < -0.3 is 24.0 Å². The molecule has 1 unspecified atom stereocenters. The van der Waals surface area contributed by atoms with E-state index >= 15 is 0 Å². The molecule has 1 fully saturated rings. The SMILES string of the molecule is COC(=O)C1CCN(CC(O)COc2cccc(CN(C)Cc3cc(C)no3)c2)CC1. The molecule has 1 aromatic heterocycles. The highest BCUT2D eigenvalue weighted by atomic mass is 16.5. The molecule has 1 aliphatic heterocycles. The number of nitrogens with zero attached hydrogens (tertiary/aromatic N) is 3. The van der Waals surface area contributed by atoms with Crippen LogP contribution in [0.25, 0.3) is 0 Å². The number of ether oxygens (including phenoxy) is 2. The number of rotatable bonds is 10. The van der Waals surface area contributed by atoms with Crippen molar-refractivity contribution in [2.75, 3.05) is 40.4 Å². The molecule has 1 atom stereocenters. The molecule has 1 N–H and O–H groups in total. The van der Waals surface area contributed by atoms with E-state index in [9.17, 15) is 9.90 Å². The minimum Gasteiger partial charge on any atom is -0.491 e. The lowest BCUT2D eigenvalue weighted by atomic mass is 9.97. The first-order chi connectivity index (χ1) is 14.9. The van der Waals surface area contributed by atoms with E-state index in [0.717, 1.165) is 55.2 Å². The van der Waals surface area contributed by atoms with E-state index in [2.05, 4.69) is 21.0 Å². The van der Waals surface area contributed by atoms with Crippen LogP contribution in [-0.2, 0) is 22.6 Å². The molecule has 0 saturated carbocycles. The third kappa shape index (κ3) is 7.34. The summed E-state index contributed by atoms with van der Waals surface area (Å²) in [5.41, 5.74) is 2.00. The van der Waals surface area contributed by atoms with Crippen LogP contribution in [0.5, 0.6) is 5.75 Å². The predicted octanol–water partition coefficient (Wildman–Crippen LogP) is 2.24. The number of methoxy groups -OCH3 is 1. The lowest BCUT2D eigenvalue weighted by Crippen LogP contribution is -2.42. The quantitative estimate of drug-likeness (QED) is 0.573. The normalized spacial score (nSPS) is 16.4. The fourth-order valence-electron chi connectivity index (χ4n) is 3.92. The van der Waals surface area contributed by atoms with Gasteiger partial charge in [0.2, 0.25) is 0 Å². The average molecular weight is 432 g/mol. The maximum absolute atomic E-state index is 11.6. The molecule has 0 aliphatic carbocycles. The van der Waals surface area contributed by atoms with Gasteiger partial charge in [-0.05, 0) is 57.6 Å². The second-order valence-corrected chi connectivity index (χ2v) is 8.32. The summed E-state index contributed by atoms with van der Waals surface area (Å²) in [5.74, 6) is 1.42. The van der Waals surface area contributed by atoms with Crippen molar-refractivity contribution in [1.82, 2.24) is 15.0 Å². The van der Waals surface area contributed by atoms with Gasteiger partial charge >= 0.3 is 5.97 Å². The maximum Gasteiger partial charge on any atom is 0.308 e. The Morgan fingerprint density at radius 3 is 2.77 bits per heavy atom. The summed E-state index contributed by atoms with van der Waals surface area (Å²) < 4.78 is 15.9. The van der Waals surface area contributed by atoms with E-state index in [1.807, 2.05) is 38.2 Å². The van der Waals surface area contributed by atoms with Crippen LogP contribution in [0.3, 0.4) is 0 Å². The number of hydrogen-bond donors (Lipinski definition) is 1. The van der Waals surface area contributed by atoms with E-state index in [1.165, 1.54) is 7.11 Å². The van der Waals surface area contributed by atoms with Gasteiger partial charge in [-0.2, -0.15) is 0 Å². The van der Waals surface area contributed by atoms with Crippen LogP contribution < -0.4 is 4.74 Å². The number of carbonyl (C=O) groups is 1. The number of benzene rings is 1. The summed E-state index contributed by atoms with van der Waals surface area (Å²) in [6.45, 7) is 5.66. The van der Waals surface area contributed by atoms with Gasteiger partial charge in [0.05, 0.1) is 25.3 Å². The molecule has 0 amide bonds. The molecular formula is C23H33N3O5. The number of aromatic nitrogens is 1. The Morgan fingerprint density at radius 2 is 2.10 bits per heavy atom. The van der Waals surface area contributed by atoms with E-state index in [-0.39, 0.29) is 18.5 Å². The van der Waals surface area contributed by atoms with E-state index < -0.39 is 6.10 Å². The molecule has 8 heteroatoms. The zero-order valence-electron chi connectivity index (χ0n) is 18.6. The third-order valence-electron chi connectivity index (χ3n) is 5.49. The van der Waals surface area contributed by atoms with Crippen molar-refractivity contribution in [3.63, 3.8) is 0 Å². The molecule has 1 aromatic carbocycles. The Kier molecular flexibility index (Phi) is 8.45. The summed E-state index contributed by atoms with van der Waals surface area (Å²) in [7, 11) is 3.46. The number of aliphatic hydroxyl groups excluding tert-OH is 1. The summed E-state index contributed by atoms with van der Waals surface area (Å²) in [6, 6.07) is 9.85. The van der Waals surface area contributed by atoms with Gasteiger partial charge in [-0.3, -0.25) is 9.69 Å². The van der Waals surface area contributed by atoms with Crippen molar-refractivity contribution >= 4 is 5.97 Å². The molecule has 31 heavy (non-hydrogen) atoms. The van der Waals surface area contributed by atoms with Crippen molar-refractivity contribution in [3.05, 3.63) is 47.3 Å². The summed E-state index contributed by atoms with van der Waals surface area (Å²) >= 11 is 0. The van der Waals surface area contributed by atoms with Crippen molar-refractivity contribution < 1.29 is 23.9 Å². The zero-order valence-corrected chi connectivity index (χ0v) is 18.6. The molecule has 8 nitrogen and oxygen atoms in total. The highest BCUT2D eigenvalue weighted by Gasteiger charge is 2.26. The molecule has 1 aliphatic rings. The molecule has 170 valence electrons. The molecule has 3 rings (SSSR count). The van der Waals surface area contributed by atoms with E-state index in [0.29, 0.717) is 13.1 Å². The monoisotopic (exact) mass is 431 g/mol. The molecule has 2 aromatic rings. The van der Waals surface area contributed by atoms with Gasteiger partial charge in [-0.1, -0.05) is 17.3 Å². The number of esters is 1. The predicted molar refractivity (Wildman–Crippen MR) is 116 cm³/mol. The molecule has 1 saturated heterocycles. The Morgan fingerprint density at radius 1 is 1.32 bits per heavy atom. The van der Waals surface area contributed by atoms with Crippen LogP contribution in [0.2, 0.25) is 0 Å². The number of aryl methyl sites for hydroxylation is 1. The minimum atomic E-state index is -0.587. The first-order valence-electron chi connectivity index (χ1n) is 10.7. The minimum absolute atomic E-state index is 0.0245. The second-order valence-electron chi connectivity index (χ2n) is 8.32. The Hall–Kier alpha value is -2.42. The molecule has 0 radical (unpaired) electrons. The number of carbonyl (C=O) groups excluding carboxylic acids is 1. The first kappa shape index (κ1) is 23.2. The van der Waals surface area contributed by atoms with Gasteiger partial charge in [-0.25, -0.2) is 0 Å². The van der Waals surface area contributed by atoms with Gasteiger partial charge in [0, 0.05) is 19.2 Å². The van der Waals surface area contributed by atoms with Crippen molar-refractivity contribution in [1.29, 1.82) is 0 Å². The summed E-state index contributed by atoms with van der Waals surface area (Å²) in [4.78, 5) is 15.9. The fraction of sp³-hybridized carbons (Fsp3) is 0.565. The molecule has 0 spiro atoms. The molecular weight excluding hydrogens is 398 g/mol. The van der Waals surface area contributed by atoms with Crippen LogP contribution in [0.15, 0.2) is 34.9 Å². The standard InChI is InChI=1S/C23H33N3O5/c1-17-11-22(31-24-17)15-25(2)13-18-5-4-6-21(12-18)30-16-20(27)14-26-9-7-19(8-10-26)23(28)29-3/h4-6,11-12,19-20,27H,7-10,13-16H2,1-3H3. The number of piperidine rings is 1. The Balaban J connectivity index is 1.40. The topological polar surface area (TPSA) is 88.3 Å². The van der Waals surface area contributed by atoms with Crippen LogP contribution >= 0.6 is 0 Å². The molecule has 2 heterocycles. The maximum atomic E-state index is 11.6. The number of hydrogen-bond acceptors (Lipinski definition) is 8. The van der Waals surface area contributed by atoms with Crippen LogP contribution in [0, 0.1) is 12.8 Å². The summed E-state index contributed by atoms with van der Waals surface area (Å²) in [6.07, 6.45) is 0.947. The second kappa shape index (κ2) is 11.3. The number of aliphatic hydroxyl groups is 1. The Labute approximate surface area is 183 Å². The zero-order chi connectivity index (χ0) is 22.2. The van der Waals surface area contributed by atoms with Gasteiger partial charge in [0.1, 0.15) is 18.5 Å². The largest absolute Gasteiger partial charge is 0.491 e. The lowest BCUT2D eigenvalue weighted by molar-refractivity contribution is -0.147. The first-order valence-corrected chi connectivity index (χ1v) is 10.7. The third-order valence-corrected chi connectivity index (χ3v) is 5.49. The van der Waals surface area contributed by atoms with Crippen LogP contribution in [-0.4, -0.2) is 72.5 Å². The number of likely N-dealkylation sites (tertiary alicyclic amines) is 1. The highest BCUT2D eigenvalue weighted by Crippen LogP contribution is 2.19. The van der Waals surface area contributed by atoms with Crippen LogP contribution in [0.4, 0.5) is 0 Å². The highest BCUT2D eigenvalue weighted by molar-refractivity contribution is 5.72. The molecule has 0 bridgehead atoms. The van der Waals surface area contributed by atoms with E-state index in [4.69, 9.17) is 14.0 Å². The van der Waals surface area contributed by atoms with Gasteiger partial charge in [-0.15, -0.1) is 0 Å². The lowest BCUT2D eigenvalue weighted by Gasteiger charge is -2.31. The van der Waals surface area contributed by atoms with Crippen molar-refractivity contribution in [2.45, 2.75) is 39.0 Å². The van der Waals surface area contributed by atoms with Gasteiger partial charge in [0.15, 0.2) is 5.76 Å². The number of β-amino-alcohol motifs (C(OH)–C–C–N with tert-alkyl or cyclic N) is 1. The van der Waals surface area contributed by atoms with Crippen LogP contribution in [0.1, 0.15) is 29.9 Å². The fourth-order valence-corrected chi connectivity index (χ4v) is 3.92. The van der Waals surface area contributed by atoms with Crippen molar-refractivity contribution in [2.24, 2.45) is 5.92 Å².